The SMILES string of the molecule is C[C@@H]1O[C@@H](OC[C@H]2O[C@@H](Oc3cc4c(O)cc(O[C@@H]5O[C@H](CO)[C@@H](O)[C@H](O)[C@@H]5O)cc4[o+]c3-c3cc(O)c(O)c(O)c3)[C@H](O)[C@@H](O)[C@@H]2O)[C@H](O)[C@@H](O)[C@H]1O. The van der Waals surface area contributed by atoms with Gasteiger partial charge in [-0.3, -0.25) is 0 Å². The predicted molar refractivity (Wildman–Crippen MR) is 173 cm³/mol. The van der Waals surface area contributed by atoms with Gasteiger partial charge in [0.05, 0.1) is 30.9 Å². The van der Waals surface area contributed by atoms with Crippen molar-refractivity contribution in [1.29, 1.82) is 0 Å². The minimum Gasteiger partial charge on any atom is -0.507 e. The van der Waals surface area contributed by atoms with E-state index in [1.54, 1.807) is 0 Å². The van der Waals surface area contributed by atoms with Gasteiger partial charge in [-0.2, -0.15) is 0 Å². The summed E-state index contributed by atoms with van der Waals surface area (Å²) in [5, 5.41) is 144. The molecular formula is C33H41O21+. The molecule has 21 heteroatoms. The summed E-state index contributed by atoms with van der Waals surface area (Å²) in [6.45, 7) is 0.0591. The minimum absolute atomic E-state index is 0.105. The van der Waals surface area contributed by atoms with Gasteiger partial charge in [0, 0.05) is 24.3 Å². The van der Waals surface area contributed by atoms with Gasteiger partial charge in [0.25, 0.3) is 0 Å². The second kappa shape index (κ2) is 15.7. The number of hydrogen-bond donors (Lipinski definition) is 14. The van der Waals surface area contributed by atoms with Crippen LogP contribution in [0.15, 0.2) is 34.7 Å². The first kappa shape index (κ1) is 39.8. The molecule has 3 saturated heterocycles. The van der Waals surface area contributed by atoms with Gasteiger partial charge in [-0.1, -0.05) is 0 Å². The Kier molecular flexibility index (Phi) is 11.5. The maximum atomic E-state index is 11.0. The van der Waals surface area contributed by atoms with Crippen LogP contribution in [0.1, 0.15) is 6.92 Å². The molecule has 0 radical (unpaired) electrons. The third-order valence-electron chi connectivity index (χ3n) is 9.38. The van der Waals surface area contributed by atoms with Crippen molar-refractivity contribution in [3.8, 4) is 45.8 Å². The van der Waals surface area contributed by atoms with Gasteiger partial charge in [0.1, 0.15) is 84.0 Å². The van der Waals surface area contributed by atoms with Crippen molar-refractivity contribution < 1.29 is 104 Å². The van der Waals surface area contributed by atoms with Gasteiger partial charge in [0.2, 0.25) is 18.3 Å². The zero-order chi connectivity index (χ0) is 39.3. The van der Waals surface area contributed by atoms with Crippen LogP contribution in [0.25, 0.3) is 22.3 Å². The average molecular weight is 774 g/mol. The minimum atomic E-state index is -1.96. The fourth-order valence-electron chi connectivity index (χ4n) is 6.18. The van der Waals surface area contributed by atoms with Crippen LogP contribution in [-0.2, 0) is 18.9 Å². The lowest BCUT2D eigenvalue weighted by atomic mass is 9.98. The summed E-state index contributed by atoms with van der Waals surface area (Å²) in [4.78, 5) is 0. The summed E-state index contributed by atoms with van der Waals surface area (Å²) in [7, 11) is 0. The molecule has 0 amide bonds. The predicted octanol–water partition coefficient (Wildman–Crippen LogP) is -3.59. The number of aliphatic hydroxyl groups excluding tert-OH is 10. The smallest absolute Gasteiger partial charge is 0.402 e. The van der Waals surface area contributed by atoms with Crippen LogP contribution in [0.3, 0.4) is 0 Å². The first-order valence-electron chi connectivity index (χ1n) is 16.5. The van der Waals surface area contributed by atoms with E-state index >= 15 is 0 Å². The van der Waals surface area contributed by atoms with Gasteiger partial charge in [0.15, 0.2) is 23.5 Å². The molecule has 3 aliphatic rings. The number of aliphatic hydroxyl groups is 10. The monoisotopic (exact) mass is 773 g/mol. The Bertz CT molecular complexity index is 1770. The van der Waals surface area contributed by atoms with Crippen molar-refractivity contribution in [2.45, 2.75) is 99.0 Å². The number of benzene rings is 2. The molecule has 4 heterocycles. The van der Waals surface area contributed by atoms with Gasteiger partial charge < -0.3 is 99.9 Å². The number of aromatic hydroxyl groups is 4. The van der Waals surface area contributed by atoms with Gasteiger partial charge in [-0.25, -0.2) is 4.42 Å². The molecule has 3 aromatic rings. The molecular weight excluding hydrogens is 732 g/mol. The van der Waals surface area contributed by atoms with Crippen molar-refractivity contribution >= 4 is 11.0 Å². The van der Waals surface area contributed by atoms with E-state index in [-0.39, 0.29) is 33.8 Å². The summed E-state index contributed by atoms with van der Waals surface area (Å²) in [5.74, 6) is -4.02. The van der Waals surface area contributed by atoms with Crippen LogP contribution in [0, 0.1) is 0 Å². The van der Waals surface area contributed by atoms with E-state index in [0.717, 1.165) is 24.3 Å². The molecule has 2 aromatic carbocycles. The lowest BCUT2D eigenvalue weighted by Gasteiger charge is -2.42. The summed E-state index contributed by atoms with van der Waals surface area (Å²) >= 11 is 0. The molecule has 14 N–H and O–H groups in total. The van der Waals surface area contributed by atoms with Crippen molar-refractivity contribution in [2.75, 3.05) is 13.2 Å². The van der Waals surface area contributed by atoms with E-state index in [2.05, 4.69) is 0 Å². The highest BCUT2D eigenvalue weighted by atomic mass is 16.7. The van der Waals surface area contributed by atoms with E-state index < -0.39 is 128 Å². The van der Waals surface area contributed by atoms with Gasteiger partial charge in [-0.15, -0.1) is 0 Å². The van der Waals surface area contributed by atoms with E-state index in [1.807, 2.05) is 0 Å². The largest absolute Gasteiger partial charge is 0.507 e. The van der Waals surface area contributed by atoms with E-state index in [0.29, 0.717) is 0 Å². The lowest BCUT2D eigenvalue weighted by Crippen LogP contribution is -2.61. The van der Waals surface area contributed by atoms with Crippen LogP contribution in [0.2, 0.25) is 0 Å². The van der Waals surface area contributed by atoms with Crippen LogP contribution >= 0.6 is 0 Å². The molecule has 15 atom stereocenters. The van der Waals surface area contributed by atoms with Crippen molar-refractivity contribution in [2.24, 2.45) is 0 Å². The molecule has 21 nitrogen and oxygen atoms in total. The molecule has 1 aromatic heterocycles. The van der Waals surface area contributed by atoms with Crippen LogP contribution < -0.4 is 9.47 Å². The molecule has 3 fully saturated rings. The molecule has 3 aliphatic heterocycles. The maximum Gasteiger partial charge on any atom is 0.402 e. The zero-order valence-electron chi connectivity index (χ0n) is 28.1. The van der Waals surface area contributed by atoms with Gasteiger partial charge in [-0.05, 0) is 6.92 Å². The fraction of sp³-hybridized carbons (Fsp3) is 0.545. The molecule has 0 bridgehead atoms. The molecule has 0 unspecified atom stereocenters. The number of fused-ring (bicyclic) bond motifs is 1. The Labute approximate surface area is 303 Å². The normalized spacial score (nSPS) is 37.3. The Hall–Kier alpha value is -3.91. The van der Waals surface area contributed by atoms with E-state index in [4.69, 9.17) is 32.8 Å². The zero-order valence-corrected chi connectivity index (χ0v) is 28.1. The third kappa shape index (κ3) is 7.52. The lowest BCUT2D eigenvalue weighted by molar-refractivity contribution is -0.318. The van der Waals surface area contributed by atoms with E-state index in [1.165, 1.54) is 13.0 Å². The third-order valence-corrected chi connectivity index (χ3v) is 9.38. The molecule has 54 heavy (non-hydrogen) atoms. The first-order chi connectivity index (χ1) is 25.5. The van der Waals surface area contributed by atoms with Crippen molar-refractivity contribution in [1.82, 2.24) is 0 Å². The highest BCUT2D eigenvalue weighted by Crippen LogP contribution is 2.45. The number of rotatable bonds is 9. The van der Waals surface area contributed by atoms with Gasteiger partial charge >= 0.3 is 11.3 Å². The number of phenols is 4. The second-order valence-corrected chi connectivity index (χ2v) is 13.1. The molecule has 6 rings (SSSR count). The number of hydrogen-bond acceptors (Lipinski definition) is 20. The molecule has 298 valence electrons. The second-order valence-electron chi connectivity index (χ2n) is 13.1. The standard InChI is InChI=1S/C33H40O21/c1-9-20(38)24(42)27(45)31(49-9)48-8-19-23(41)26(44)29(47)33(54-19)52-17-6-12-13(35)4-11(50-32-28(46)25(43)22(40)18(7-34)53-32)5-16(12)51-30(17)10-2-14(36)21(39)15(37)3-10/h2-6,9,18-20,22-29,31-34,38,40-47H,7-8H2,1H3,(H3-,35,36,37,39)/p+1/t9-,18+,19+,20-,22+,23+,24-,25-,26-,27+,28-,29+,31+,32+,33+/m0/s1. The van der Waals surface area contributed by atoms with Crippen molar-refractivity contribution in [3.63, 3.8) is 0 Å². The molecule has 0 aliphatic carbocycles. The average Bonchev–Trinajstić information content (AvgIpc) is 3.14. The van der Waals surface area contributed by atoms with Crippen LogP contribution in [0.5, 0.6) is 34.5 Å². The number of ether oxygens (including phenoxy) is 6. The van der Waals surface area contributed by atoms with E-state index in [9.17, 15) is 71.5 Å². The highest BCUT2D eigenvalue weighted by Gasteiger charge is 2.49. The summed E-state index contributed by atoms with van der Waals surface area (Å²) < 4.78 is 39.5. The molecule has 0 spiro atoms. The van der Waals surface area contributed by atoms with Crippen molar-refractivity contribution in [3.05, 3.63) is 30.3 Å². The first-order valence-corrected chi connectivity index (χ1v) is 16.5. The number of phenolic OH excluding ortho intramolecular Hbond substituents is 4. The van der Waals surface area contributed by atoms with Crippen LogP contribution in [-0.4, -0.2) is 177 Å². The van der Waals surface area contributed by atoms with Crippen LogP contribution in [0.4, 0.5) is 0 Å². The highest BCUT2D eigenvalue weighted by molar-refractivity contribution is 5.89. The Balaban J connectivity index is 1.32. The quantitative estimate of drug-likeness (QED) is 0.0738. The summed E-state index contributed by atoms with van der Waals surface area (Å²) in [5.41, 5.74) is -0.355. The Morgan fingerprint density at radius 2 is 1.15 bits per heavy atom. The summed E-state index contributed by atoms with van der Waals surface area (Å²) in [6.07, 6.45) is -24.5. The molecule has 0 saturated carbocycles. The maximum absolute atomic E-state index is 11.0. The summed E-state index contributed by atoms with van der Waals surface area (Å²) in [6, 6.07) is 5.29. The topological polar surface area (TPSA) is 350 Å². The fourth-order valence-corrected chi connectivity index (χ4v) is 6.18. The Morgan fingerprint density at radius 1 is 0.593 bits per heavy atom. The Morgan fingerprint density at radius 3 is 1.78 bits per heavy atom.